The molecular weight excluding hydrogens is 264 g/mol. The predicted octanol–water partition coefficient (Wildman–Crippen LogP) is 3.83. The van der Waals surface area contributed by atoms with Crippen LogP contribution in [0.2, 0.25) is 0 Å². The van der Waals surface area contributed by atoms with Crippen LogP contribution in [-0.4, -0.2) is 22.6 Å². The number of hydrogen-bond acceptors (Lipinski definition) is 5. The Morgan fingerprint density at radius 2 is 2.10 bits per heavy atom. The Kier molecular flexibility index (Phi) is 5.37. The summed E-state index contributed by atoms with van der Waals surface area (Å²) in [5, 5.41) is 6.36. The van der Waals surface area contributed by atoms with Crippen LogP contribution in [0, 0.1) is 0 Å². The summed E-state index contributed by atoms with van der Waals surface area (Å²) in [6.45, 7) is 6.98. The van der Waals surface area contributed by atoms with E-state index in [1.807, 2.05) is 37.3 Å². The number of aromatic nitrogens is 2. The van der Waals surface area contributed by atoms with Crippen LogP contribution in [0.5, 0.6) is 5.75 Å². The van der Waals surface area contributed by atoms with Crippen molar-refractivity contribution < 1.29 is 4.74 Å². The molecule has 0 fully saturated rings. The van der Waals surface area contributed by atoms with Crippen LogP contribution in [0.3, 0.4) is 0 Å². The molecule has 2 aromatic rings. The van der Waals surface area contributed by atoms with Crippen LogP contribution in [0.15, 0.2) is 36.5 Å². The number of nitrogens with one attached hydrogen (secondary N) is 2. The zero-order valence-corrected chi connectivity index (χ0v) is 12.8. The van der Waals surface area contributed by atoms with Gasteiger partial charge in [-0.05, 0) is 38.5 Å². The summed E-state index contributed by atoms with van der Waals surface area (Å²) in [5.41, 5.74) is 0.942. The fraction of sp³-hybridized carbons (Fsp3) is 0.375. The molecule has 0 aliphatic carbocycles. The molecule has 1 atom stereocenters. The second-order valence-electron chi connectivity index (χ2n) is 4.79. The first-order valence-corrected chi connectivity index (χ1v) is 7.32. The standard InChI is InChI=1S/C16H22N4O/c1-4-12(3)21-14-8-6-7-13(11-14)19-15-9-10-18-16(20-15)17-5-2/h6-12H,4-5H2,1-3H3,(H2,17,18,19,20). The maximum atomic E-state index is 5.82. The number of nitrogens with zero attached hydrogens (tertiary/aromatic N) is 2. The van der Waals surface area contributed by atoms with Gasteiger partial charge >= 0.3 is 0 Å². The fourth-order valence-electron chi connectivity index (χ4n) is 1.78. The van der Waals surface area contributed by atoms with Gasteiger partial charge < -0.3 is 15.4 Å². The second-order valence-corrected chi connectivity index (χ2v) is 4.79. The summed E-state index contributed by atoms with van der Waals surface area (Å²) in [6, 6.07) is 9.72. The largest absolute Gasteiger partial charge is 0.491 e. The maximum Gasteiger partial charge on any atom is 0.224 e. The smallest absolute Gasteiger partial charge is 0.224 e. The summed E-state index contributed by atoms with van der Waals surface area (Å²) < 4.78 is 5.82. The molecule has 2 N–H and O–H groups in total. The van der Waals surface area contributed by atoms with Gasteiger partial charge in [0.15, 0.2) is 0 Å². The van der Waals surface area contributed by atoms with Crippen LogP contribution in [0.25, 0.3) is 0 Å². The summed E-state index contributed by atoms with van der Waals surface area (Å²) in [7, 11) is 0. The van der Waals surface area contributed by atoms with Crippen molar-refractivity contribution in [1.29, 1.82) is 0 Å². The number of benzene rings is 1. The number of anilines is 3. The molecule has 0 saturated heterocycles. The summed E-state index contributed by atoms with van der Waals surface area (Å²) in [4.78, 5) is 8.54. The van der Waals surface area contributed by atoms with Gasteiger partial charge in [-0.2, -0.15) is 4.98 Å². The van der Waals surface area contributed by atoms with Crippen LogP contribution in [-0.2, 0) is 0 Å². The van der Waals surface area contributed by atoms with Gasteiger partial charge in [-0.15, -0.1) is 0 Å². The lowest BCUT2D eigenvalue weighted by Crippen LogP contribution is -2.09. The maximum absolute atomic E-state index is 5.82. The number of ether oxygens (including phenoxy) is 1. The molecule has 0 aliphatic rings. The average molecular weight is 286 g/mol. The van der Waals surface area contributed by atoms with E-state index in [2.05, 4.69) is 34.4 Å². The van der Waals surface area contributed by atoms with E-state index < -0.39 is 0 Å². The highest BCUT2D eigenvalue weighted by molar-refractivity contribution is 5.58. The normalized spacial score (nSPS) is 11.8. The molecule has 0 spiro atoms. The van der Waals surface area contributed by atoms with Gasteiger partial charge in [-0.1, -0.05) is 13.0 Å². The molecule has 1 unspecified atom stereocenters. The van der Waals surface area contributed by atoms with Crippen molar-refractivity contribution >= 4 is 17.5 Å². The lowest BCUT2D eigenvalue weighted by molar-refractivity contribution is 0.217. The lowest BCUT2D eigenvalue weighted by Gasteiger charge is -2.14. The first-order chi connectivity index (χ1) is 10.2. The van der Waals surface area contributed by atoms with E-state index in [0.29, 0.717) is 5.95 Å². The molecule has 2 rings (SSSR count). The van der Waals surface area contributed by atoms with E-state index in [1.165, 1.54) is 0 Å². The number of hydrogen-bond donors (Lipinski definition) is 2. The Bertz CT molecular complexity index is 574. The molecule has 0 saturated carbocycles. The molecule has 112 valence electrons. The van der Waals surface area contributed by atoms with Gasteiger partial charge in [-0.25, -0.2) is 4.98 Å². The molecule has 0 amide bonds. The van der Waals surface area contributed by atoms with Crippen LogP contribution in [0.4, 0.5) is 17.5 Å². The molecule has 5 heteroatoms. The van der Waals surface area contributed by atoms with Crippen molar-refractivity contribution in [2.45, 2.75) is 33.3 Å². The first-order valence-electron chi connectivity index (χ1n) is 7.32. The van der Waals surface area contributed by atoms with E-state index in [9.17, 15) is 0 Å². The van der Waals surface area contributed by atoms with Crippen LogP contribution in [0.1, 0.15) is 27.2 Å². The number of rotatable bonds is 7. The van der Waals surface area contributed by atoms with E-state index >= 15 is 0 Å². The van der Waals surface area contributed by atoms with E-state index in [1.54, 1.807) is 6.20 Å². The van der Waals surface area contributed by atoms with Gasteiger partial charge in [0.05, 0.1) is 6.10 Å². The topological polar surface area (TPSA) is 59.1 Å². The lowest BCUT2D eigenvalue weighted by atomic mass is 10.2. The van der Waals surface area contributed by atoms with Crippen LogP contribution < -0.4 is 15.4 Å². The van der Waals surface area contributed by atoms with E-state index in [-0.39, 0.29) is 6.10 Å². The molecule has 0 bridgehead atoms. The second kappa shape index (κ2) is 7.47. The average Bonchev–Trinajstić information content (AvgIpc) is 2.48. The minimum Gasteiger partial charge on any atom is -0.491 e. The third-order valence-electron chi connectivity index (χ3n) is 3.01. The quantitative estimate of drug-likeness (QED) is 0.810. The molecule has 0 radical (unpaired) electrons. The van der Waals surface area contributed by atoms with Gasteiger partial charge in [0.25, 0.3) is 0 Å². The Morgan fingerprint density at radius 1 is 1.24 bits per heavy atom. The van der Waals surface area contributed by atoms with Crippen LogP contribution >= 0.6 is 0 Å². The molecule has 1 aromatic heterocycles. The van der Waals surface area contributed by atoms with Crippen molar-refractivity contribution in [3.05, 3.63) is 36.5 Å². The highest BCUT2D eigenvalue weighted by atomic mass is 16.5. The van der Waals surface area contributed by atoms with Crippen molar-refractivity contribution in [3.63, 3.8) is 0 Å². The Labute approximate surface area is 125 Å². The monoisotopic (exact) mass is 286 g/mol. The Hall–Kier alpha value is -2.30. The predicted molar refractivity (Wildman–Crippen MR) is 86.3 cm³/mol. The van der Waals surface area contributed by atoms with Gasteiger partial charge in [-0.3, -0.25) is 0 Å². The van der Waals surface area contributed by atoms with Crippen molar-refractivity contribution in [2.75, 3.05) is 17.2 Å². The summed E-state index contributed by atoms with van der Waals surface area (Å²) in [6.07, 6.45) is 2.92. The molecule has 5 nitrogen and oxygen atoms in total. The molecular formula is C16H22N4O. The zero-order chi connectivity index (χ0) is 15.1. The van der Waals surface area contributed by atoms with Crippen molar-refractivity contribution in [2.24, 2.45) is 0 Å². The van der Waals surface area contributed by atoms with Gasteiger partial charge in [0.1, 0.15) is 11.6 Å². The van der Waals surface area contributed by atoms with E-state index in [4.69, 9.17) is 4.74 Å². The third-order valence-corrected chi connectivity index (χ3v) is 3.01. The fourth-order valence-corrected chi connectivity index (χ4v) is 1.78. The third kappa shape index (κ3) is 4.63. The highest BCUT2D eigenvalue weighted by Gasteiger charge is 2.03. The van der Waals surface area contributed by atoms with Crippen molar-refractivity contribution in [1.82, 2.24) is 9.97 Å². The van der Waals surface area contributed by atoms with E-state index in [0.717, 1.165) is 30.2 Å². The molecule has 1 aromatic carbocycles. The van der Waals surface area contributed by atoms with Crippen molar-refractivity contribution in [3.8, 4) is 5.75 Å². The minimum absolute atomic E-state index is 0.208. The Morgan fingerprint density at radius 3 is 2.86 bits per heavy atom. The molecule has 1 heterocycles. The summed E-state index contributed by atoms with van der Waals surface area (Å²) >= 11 is 0. The van der Waals surface area contributed by atoms with Gasteiger partial charge in [0.2, 0.25) is 5.95 Å². The minimum atomic E-state index is 0.208. The zero-order valence-electron chi connectivity index (χ0n) is 12.8. The first kappa shape index (κ1) is 15.1. The molecule has 0 aliphatic heterocycles. The van der Waals surface area contributed by atoms with Gasteiger partial charge in [0, 0.05) is 24.5 Å². The Balaban J connectivity index is 2.08. The molecule has 21 heavy (non-hydrogen) atoms. The SMILES string of the molecule is CCNc1nccc(Nc2cccc(OC(C)CC)c2)n1. The summed E-state index contributed by atoms with van der Waals surface area (Å²) in [5.74, 6) is 2.23. The highest BCUT2D eigenvalue weighted by Crippen LogP contribution is 2.22.